The summed E-state index contributed by atoms with van der Waals surface area (Å²) in [4.78, 5) is 20.3. The summed E-state index contributed by atoms with van der Waals surface area (Å²) in [5, 5.41) is 15.4. The fourth-order valence-corrected chi connectivity index (χ4v) is 3.10. The Morgan fingerprint density at radius 1 is 1.33 bits per heavy atom. The topological polar surface area (TPSA) is 83.3 Å². The summed E-state index contributed by atoms with van der Waals surface area (Å²) < 4.78 is 1.16. The van der Waals surface area contributed by atoms with E-state index in [1.54, 1.807) is 12.1 Å². The average molecular weight is 358 g/mol. The molecule has 0 radical (unpaired) electrons. The normalized spacial score (nSPS) is 11.6. The molecule has 2 heterocycles. The summed E-state index contributed by atoms with van der Waals surface area (Å²) in [6.07, 6.45) is 5.11. The number of hydrogen-bond donors (Lipinski definition) is 2. The zero-order chi connectivity index (χ0) is 19.0. The van der Waals surface area contributed by atoms with Gasteiger partial charge in [0.15, 0.2) is 0 Å². The third-order valence-electron chi connectivity index (χ3n) is 4.48. The first-order valence-electron chi connectivity index (χ1n) is 8.54. The average Bonchev–Trinajstić information content (AvgIpc) is 3.03. The molecular weight excluding hydrogens is 340 g/mol. The molecule has 2 aromatic carbocycles. The molecule has 6 nitrogen and oxygen atoms in total. The van der Waals surface area contributed by atoms with Crippen molar-refractivity contribution < 1.29 is 5.11 Å². The van der Waals surface area contributed by atoms with E-state index in [1.807, 2.05) is 37.3 Å². The second-order valence-corrected chi connectivity index (χ2v) is 6.38. The first-order chi connectivity index (χ1) is 13.1. The minimum atomic E-state index is -0.299. The van der Waals surface area contributed by atoms with Crippen LogP contribution in [0.3, 0.4) is 0 Å². The van der Waals surface area contributed by atoms with Gasteiger partial charge in [0.2, 0.25) is 0 Å². The Morgan fingerprint density at radius 3 is 3.00 bits per heavy atom. The molecule has 2 N–H and O–H groups in total. The minimum absolute atomic E-state index is 0.129. The van der Waals surface area contributed by atoms with Crippen molar-refractivity contribution in [1.29, 1.82) is 0 Å². The maximum absolute atomic E-state index is 12.8. The van der Waals surface area contributed by atoms with Crippen LogP contribution >= 0.6 is 0 Å². The van der Waals surface area contributed by atoms with Gasteiger partial charge in [-0.1, -0.05) is 29.8 Å². The van der Waals surface area contributed by atoms with E-state index in [-0.39, 0.29) is 11.3 Å². The summed E-state index contributed by atoms with van der Waals surface area (Å²) in [6.45, 7) is 5.68. The molecule has 2 aromatic heterocycles. The van der Waals surface area contributed by atoms with Gasteiger partial charge in [-0.15, -0.1) is 6.58 Å². The van der Waals surface area contributed by atoms with Crippen LogP contribution < -0.4 is 5.56 Å². The lowest BCUT2D eigenvalue weighted by atomic mass is 10.1. The molecule has 0 aliphatic heterocycles. The highest BCUT2D eigenvalue weighted by molar-refractivity contribution is 6.04. The second-order valence-electron chi connectivity index (χ2n) is 6.38. The number of rotatable bonds is 4. The van der Waals surface area contributed by atoms with Crippen molar-refractivity contribution in [2.45, 2.75) is 13.3 Å². The van der Waals surface area contributed by atoms with Gasteiger partial charge in [-0.3, -0.25) is 4.79 Å². The number of para-hydroxylation sites is 1. The molecule has 134 valence electrons. The predicted molar refractivity (Wildman–Crippen MR) is 108 cm³/mol. The van der Waals surface area contributed by atoms with E-state index < -0.39 is 0 Å². The van der Waals surface area contributed by atoms with E-state index in [4.69, 9.17) is 0 Å². The monoisotopic (exact) mass is 358 g/mol. The molecule has 6 heteroatoms. The minimum Gasteiger partial charge on any atom is -0.507 e. The van der Waals surface area contributed by atoms with Crippen molar-refractivity contribution in [3.63, 3.8) is 0 Å². The number of phenols is 1. The molecule has 4 rings (SSSR count). The number of phenolic OH excluding ortho intramolecular Hbond substituents is 1. The van der Waals surface area contributed by atoms with Gasteiger partial charge >= 0.3 is 0 Å². The highest BCUT2D eigenvalue weighted by Crippen LogP contribution is 2.23. The van der Waals surface area contributed by atoms with Crippen LogP contribution in [0.5, 0.6) is 5.75 Å². The quantitative estimate of drug-likeness (QED) is 0.433. The summed E-state index contributed by atoms with van der Waals surface area (Å²) in [7, 11) is 0. The van der Waals surface area contributed by atoms with E-state index in [0.29, 0.717) is 23.0 Å². The molecule has 0 unspecified atom stereocenters. The van der Waals surface area contributed by atoms with Crippen molar-refractivity contribution in [2.24, 2.45) is 5.10 Å². The summed E-state index contributed by atoms with van der Waals surface area (Å²) in [5.41, 5.74) is 3.96. The van der Waals surface area contributed by atoms with Crippen LogP contribution in [0, 0.1) is 6.92 Å². The van der Waals surface area contributed by atoms with E-state index in [1.165, 1.54) is 12.5 Å². The number of aromatic hydroxyl groups is 1. The van der Waals surface area contributed by atoms with Gasteiger partial charge in [0, 0.05) is 16.5 Å². The van der Waals surface area contributed by atoms with Crippen LogP contribution in [0.1, 0.15) is 16.7 Å². The zero-order valence-corrected chi connectivity index (χ0v) is 14.8. The van der Waals surface area contributed by atoms with Crippen LogP contribution in [0.4, 0.5) is 0 Å². The van der Waals surface area contributed by atoms with Crippen molar-refractivity contribution in [3.05, 3.63) is 82.4 Å². The van der Waals surface area contributed by atoms with Crippen LogP contribution in [0.15, 0.2) is 65.3 Å². The van der Waals surface area contributed by atoms with E-state index in [0.717, 1.165) is 26.7 Å². The van der Waals surface area contributed by atoms with Crippen molar-refractivity contribution >= 4 is 28.2 Å². The maximum atomic E-state index is 12.8. The molecule has 0 aliphatic rings. The second kappa shape index (κ2) is 6.57. The molecule has 0 atom stereocenters. The molecule has 0 saturated carbocycles. The fourth-order valence-electron chi connectivity index (χ4n) is 3.10. The molecule has 0 spiro atoms. The highest BCUT2D eigenvalue weighted by atomic mass is 16.3. The van der Waals surface area contributed by atoms with Crippen LogP contribution in [0.2, 0.25) is 0 Å². The lowest BCUT2D eigenvalue weighted by molar-refractivity contribution is 0.469. The number of aryl methyl sites for hydroxylation is 1. The number of aromatic amines is 1. The van der Waals surface area contributed by atoms with Crippen molar-refractivity contribution in [1.82, 2.24) is 14.6 Å². The van der Waals surface area contributed by atoms with Gasteiger partial charge in [-0.05, 0) is 37.1 Å². The number of aromatic nitrogens is 3. The number of nitrogens with one attached hydrogen (secondary N) is 1. The van der Waals surface area contributed by atoms with Gasteiger partial charge < -0.3 is 10.1 Å². The number of hydrogen-bond acceptors (Lipinski definition) is 4. The van der Waals surface area contributed by atoms with Gasteiger partial charge in [0.25, 0.3) is 5.56 Å². The number of nitrogens with zero attached hydrogens (tertiary/aromatic N) is 3. The SMILES string of the molecule is C=CCc1cccc(/C=N\n2cnc3c([nH]c4ccc(C)cc43)c2=O)c1O. The molecule has 0 fully saturated rings. The Morgan fingerprint density at radius 2 is 2.19 bits per heavy atom. The third-order valence-corrected chi connectivity index (χ3v) is 4.48. The summed E-state index contributed by atoms with van der Waals surface area (Å²) in [5.74, 6) is 0.129. The van der Waals surface area contributed by atoms with Crippen molar-refractivity contribution in [3.8, 4) is 5.75 Å². The third kappa shape index (κ3) is 2.91. The predicted octanol–water partition coefficient (Wildman–Crippen LogP) is 3.50. The number of fused-ring (bicyclic) bond motifs is 3. The lowest BCUT2D eigenvalue weighted by Crippen LogP contribution is -2.17. The molecule has 27 heavy (non-hydrogen) atoms. The van der Waals surface area contributed by atoms with Crippen LogP contribution in [0.25, 0.3) is 21.9 Å². The lowest BCUT2D eigenvalue weighted by Gasteiger charge is -2.04. The Hall–Kier alpha value is -3.67. The fraction of sp³-hybridized carbons (Fsp3) is 0.0952. The Kier molecular flexibility index (Phi) is 4.08. The molecule has 4 aromatic rings. The largest absolute Gasteiger partial charge is 0.507 e. The highest BCUT2D eigenvalue weighted by Gasteiger charge is 2.11. The van der Waals surface area contributed by atoms with Gasteiger partial charge in [0.1, 0.15) is 23.1 Å². The van der Waals surface area contributed by atoms with Crippen LogP contribution in [-0.4, -0.2) is 26.0 Å². The summed E-state index contributed by atoms with van der Waals surface area (Å²) >= 11 is 0. The Labute approximate surface area is 155 Å². The molecule has 0 saturated heterocycles. The van der Waals surface area contributed by atoms with E-state index in [2.05, 4.69) is 21.6 Å². The molecule has 0 bridgehead atoms. The van der Waals surface area contributed by atoms with Gasteiger partial charge in [-0.2, -0.15) is 9.78 Å². The standard InChI is InChI=1S/C21H18N4O2/c1-3-5-14-6-4-7-15(20(14)26)11-23-25-12-22-18-16-10-13(2)8-9-17(16)24-19(18)21(25)27/h3-4,6-12,24,26H,1,5H2,2H3/b23-11-. The zero-order valence-electron chi connectivity index (χ0n) is 14.8. The summed E-state index contributed by atoms with van der Waals surface area (Å²) in [6, 6.07) is 11.3. The van der Waals surface area contributed by atoms with Gasteiger partial charge in [0.05, 0.1) is 6.21 Å². The Bertz CT molecular complexity index is 1260. The molecule has 0 aliphatic carbocycles. The van der Waals surface area contributed by atoms with Gasteiger partial charge in [-0.25, -0.2) is 4.98 Å². The number of H-pyrrole nitrogens is 1. The Balaban J connectivity index is 1.79. The first kappa shape index (κ1) is 16.8. The van der Waals surface area contributed by atoms with E-state index >= 15 is 0 Å². The van der Waals surface area contributed by atoms with Crippen LogP contribution in [-0.2, 0) is 6.42 Å². The van der Waals surface area contributed by atoms with Crippen molar-refractivity contribution in [2.75, 3.05) is 0 Å². The molecular formula is C21H18N4O2. The molecule has 0 amide bonds. The first-order valence-corrected chi connectivity index (χ1v) is 8.54. The number of allylic oxidation sites excluding steroid dienone is 1. The van der Waals surface area contributed by atoms with E-state index in [9.17, 15) is 9.90 Å². The smallest absolute Gasteiger partial charge is 0.298 e. The maximum Gasteiger partial charge on any atom is 0.298 e. The number of benzene rings is 2.